The van der Waals surface area contributed by atoms with Crippen molar-refractivity contribution in [2.45, 2.75) is 18.9 Å². The van der Waals surface area contributed by atoms with Gasteiger partial charge in [0.2, 0.25) is 0 Å². The Kier molecular flexibility index (Phi) is 3.02. The van der Waals surface area contributed by atoms with Crippen LogP contribution in [0.25, 0.3) is 0 Å². The van der Waals surface area contributed by atoms with Crippen molar-refractivity contribution in [1.82, 2.24) is 4.98 Å². The number of nitrogens with zero attached hydrogens (tertiary/aromatic N) is 2. The van der Waals surface area contributed by atoms with Crippen LogP contribution in [0.1, 0.15) is 23.7 Å². The summed E-state index contributed by atoms with van der Waals surface area (Å²) in [5.41, 5.74) is -0.132. The summed E-state index contributed by atoms with van der Waals surface area (Å²) in [5, 5.41) is 9.91. The van der Waals surface area contributed by atoms with Crippen molar-refractivity contribution in [1.29, 1.82) is 0 Å². The number of anilines is 1. The van der Waals surface area contributed by atoms with E-state index in [1.165, 1.54) is 7.11 Å². The largest absolute Gasteiger partial charge is 0.465 e. The van der Waals surface area contributed by atoms with Crippen LogP contribution in [0.5, 0.6) is 0 Å². The number of aliphatic hydroxyl groups is 1. The zero-order valence-corrected chi connectivity index (χ0v) is 10.0. The molecule has 5 heteroatoms. The number of β-amino-alcohol motifs (C(OH)–C–C–N with tert-alkyl or cyclic N) is 1. The first-order valence-electron chi connectivity index (χ1n) is 5.60. The average molecular weight is 236 g/mol. The summed E-state index contributed by atoms with van der Waals surface area (Å²) < 4.78 is 4.65. The Bertz CT molecular complexity index is 428. The summed E-state index contributed by atoms with van der Waals surface area (Å²) in [6.07, 6.45) is 2.30. The minimum absolute atomic E-state index is 0.375. The Morgan fingerprint density at radius 1 is 1.65 bits per heavy atom. The van der Waals surface area contributed by atoms with Crippen LogP contribution in [-0.2, 0) is 4.74 Å². The fourth-order valence-corrected chi connectivity index (χ4v) is 1.89. The number of ether oxygens (including phenoxy) is 1. The van der Waals surface area contributed by atoms with E-state index in [0.29, 0.717) is 24.5 Å². The minimum atomic E-state index is -0.608. The molecule has 1 aromatic rings. The van der Waals surface area contributed by atoms with Crippen LogP contribution in [0.15, 0.2) is 18.3 Å². The molecule has 0 atom stereocenters. The molecule has 1 N–H and O–H groups in total. The van der Waals surface area contributed by atoms with Crippen LogP contribution >= 0.6 is 0 Å². The van der Waals surface area contributed by atoms with Crippen molar-refractivity contribution in [3.8, 4) is 0 Å². The lowest BCUT2D eigenvalue weighted by atomic mass is 9.91. The number of hydrogen-bond acceptors (Lipinski definition) is 5. The molecule has 2 rings (SSSR count). The third-order valence-corrected chi connectivity index (χ3v) is 3.12. The van der Waals surface area contributed by atoms with Crippen molar-refractivity contribution < 1.29 is 14.6 Å². The highest BCUT2D eigenvalue weighted by Crippen LogP contribution is 2.28. The van der Waals surface area contributed by atoms with Gasteiger partial charge < -0.3 is 14.7 Å². The molecule has 1 aromatic heterocycles. The SMILES string of the molecule is CCC1(O)CN(c2cc(C(=O)OC)ccn2)C1. The average Bonchev–Trinajstić information content (AvgIpc) is 2.34. The lowest BCUT2D eigenvalue weighted by Crippen LogP contribution is -2.61. The Morgan fingerprint density at radius 2 is 2.35 bits per heavy atom. The van der Waals surface area contributed by atoms with E-state index >= 15 is 0 Å². The third kappa shape index (κ3) is 2.24. The molecule has 0 amide bonds. The first-order valence-corrected chi connectivity index (χ1v) is 5.60. The first kappa shape index (κ1) is 11.9. The zero-order valence-electron chi connectivity index (χ0n) is 10.0. The maximum atomic E-state index is 11.4. The molecule has 0 aromatic carbocycles. The van der Waals surface area contributed by atoms with Gasteiger partial charge in [0.1, 0.15) is 5.82 Å². The van der Waals surface area contributed by atoms with Crippen LogP contribution in [-0.4, -0.2) is 41.9 Å². The van der Waals surface area contributed by atoms with Gasteiger partial charge in [-0.05, 0) is 18.6 Å². The van der Waals surface area contributed by atoms with Gasteiger partial charge in [0.05, 0.1) is 18.3 Å². The van der Waals surface area contributed by atoms with Gasteiger partial charge in [-0.15, -0.1) is 0 Å². The molecule has 0 saturated carbocycles. The van der Waals surface area contributed by atoms with Crippen molar-refractivity contribution in [3.63, 3.8) is 0 Å². The van der Waals surface area contributed by atoms with Gasteiger partial charge in [-0.1, -0.05) is 6.92 Å². The molecular formula is C12H16N2O3. The molecule has 1 saturated heterocycles. The molecule has 0 bridgehead atoms. The van der Waals surface area contributed by atoms with Gasteiger partial charge >= 0.3 is 5.97 Å². The summed E-state index contributed by atoms with van der Waals surface area (Å²) in [7, 11) is 1.35. The summed E-state index contributed by atoms with van der Waals surface area (Å²) in [4.78, 5) is 17.5. The van der Waals surface area contributed by atoms with Crippen LogP contribution in [0.3, 0.4) is 0 Å². The van der Waals surface area contributed by atoms with Crippen molar-refractivity contribution in [2.24, 2.45) is 0 Å². The molecule has 92 valence electrons. The number of pyridine rings is 1. The Balaban J connectivity index is 2.11. The van der Waals surface area contributed by atoms with Gasteiger partial charge in [0, 0.05) is 19.3 Å². The monoisotopic (exact) mass is 236 g/mol. The van der Waals surface area contributed by atoms with E-state index in [2.05, 4.69) is 9.72 Å². The van der Waals surface area contributed by atoms with E-state index in [1.54, 1.807) is 18.3 Å². The number of carbonyl (C=O) groups is 1. The molecule has 1 aliphatic rings. The highest BCUT2D eigenvalue weighted by molar-refractivity contribution is 5.90. The normalized spacial score (nSPS) is 17.5. The second-order valence-corrected chi connectivity index (χ2v) is 4.33. The molecule has 1 aliphatic heterocycles. The second kappa shape index (κ2) is 4.33. The summed E-state index contributed by atoms with van der Waals surface area (Å²) >= 11 is 0. The highest BCUT2D eigenvalue weighted by Gasteiger charge is 2.40. The predicted octanol–water partition coefficient (Wildman–Crippen LogP) is 0.829. The van der Waals surface area contributed by atoms with Crippen LogP contribution in [0, 0.1) is 0 Å². The van der Waals surface area contributed by atoms with E-state index in [-0.39, 0.29) is 5.97 Å². The van der Waals surface area contributed by atoms with Gasteiger partial charge in [0.15, 0.2) is 0 Å². The van der Waals surface area contributed by atoms with E-state index in [4.69, 9.17) is 0 Å². The van der Waals surface area contributed by atoms with Gasteiger partial charge in [-0.3, -0.25) is 0 Å². The molecule has 5 nitrogen and oxygen atoms in total. The van der Waals surface area contributed by atoms with Crippen molar-refractivity contribution in [3.05, 3.63) is 23.9 Å². The maximum absolute atomic E-state index is 11.4. The number of methoxy groups -OCH3 is 1. The molecule has 0 spiro atoms. The third-order valence-electron chi connectivity index (χ3n) is 3.12. The van der Waals surface area contributed by atoms with Crippen LogP contribution in [0.4, 0.5) is 5.82 Å². The molecule has 0 unspecified atom stereocenters. The lowest BCUT2D eigenvalue weighted by Gasteiger charge is -2.46. The first-order chi connectivity index (χ1) is 8.08. The quantitative estimate of drug-likeness (QED) is 0.787. The number of aromatic nitrogens is 1. The Hall–Kier alpha value is -1.62. The van der Waals surface area contributed by atoms with Crippen molar-refractivity contribution in [2.75, 3.05) is 25.1 Å². The van der Waals surface area contributed by atoms with E-state index in [9.17, 15) is 9.90 Å². The number of esters is 1. The summed E-state index contributed by atoms with van der Waals surface area (Å²) in [6, 6.07) is 3.29. The Morgan fingerprint density at radius 3 is 2.94 bits per heavy atom. The predicted molar refractivity (Wildman–Crippen MR) is 63.0 cm³/mol. The molecule has 0 radical (unpaired) electrons. The van der Waals surface area contributed by atoms with Crippen molar-refractivity contribution >= 4 is 11.8 Å². The van der Waals surface area contributed by atoms with E-state index < -0.39 is 5.60 Å². The Labute approximate surface area is 100 Å². The van der Waals surface area contributed by atoms with Gasteiger partial charge in [0.25, 0.3) is 0 Å². The van der Waals surface area contributed by atoms with Crippen LogP contribution in [0.2, 0.25) is 0 Å². The van der Waals surface area contributed by atoms with Gasteiger partial charge in [-0.25, -0.2) is 9.78 Å². The number of carbonyl (C=O) groups excluding carboxylic acids is 1. The molecule has 0 aliphatic carbocycles. The zero-order chi connectivity index (χ0) is 12.5. The number of rotatable bonds is 3. The molecule has 1 fully saturated rings. The fourth-order valence-electron chi connectivity index (χ4n) is 1.89. The fraction of sp³-hybridized carbons (Fsp3) is 0.500. The lowest BCUT2D eigenvalue weighted by molar-refractivity contribution is 0.00806. The highest BCUT2D eigenvalue weighted by atomic mass is 16.5. The molecule has 17 heavy (non-hydrogen) atoms. The van der Waals surface area contributed by atoms with Crippen LogP contribution < -0.4 is 4.90 Å². The minimum Gasteiger partial charge on any atom is -0.465 e. The topological polar surface area (TPSA) is 62.7 Å². The molecular weight excluding hydrogens is 220 g/mol. The second-order valence-electron chi connectivity index (χ2n) is 4.33. The summed E-state index contributed by atoms with van der Waals surface area (Å²) in [5.74, 6) is 0.325. The standard InChI is InChI=1S/C12H16N2O3/c1-3-12(16)7-14(8-12)10-6-9(4-5-13-10)11(15)17-2/h4-6,16H,3,7-8H2,1-2H3. The van der Waals surface area contributed by atoms with Gasteiger partial charge in [-0.2, -0.15) is 0 Å². The summed E-state index contributed by atoms with van der Waals surface area (Å²) in [6.45, 7) is 3.07. The van der Waals surface area contributed by atoms with E-state index in [0.717, 1.165) is 6.42 Å². The smallest absolute Gasteiger partial charge is 0.338 e. The number of hydrogen-bond donors (Lipinski definition) is 1. The molecule has 2 heterocycles. The maximum Gasteiger partial charge on any atom is 0.338 e. The van der Waals surface area contributed by atoms with E-state index in [1.807, 2.05) is 11.8 Å².